The lowest BCUT2D eigenvalue weighted by Crippen LogP contribution is -2.31. The highest BCUT2D eigenvalue weighted by Gasteiger charge is 2.29. The van der Waals surface area contributed by atoms with Crippen LogP contribution in [0.5, 0.6) is 11.5 Å². The van der Waals surface area contributed by atoms with Crippen LogP contribution < -0.4 is 15.2 Å². The quantitative estimate of drug-likeness (QED) is 0.325. The monoisotopic (exact) mass is 508 g/mol. The molecule has 190 valence electrons. The summed E-state index contributed by atoms with van der Waals surface area (Å²) < 4.78 is 11.3. The van der Waals surface area contributed by atoms with Gasteiger partial charge in [0.05, 0.1) is 24.6 Å². The highest BCUT2D eigenvalue weighted by atomic mass is 35.5. The second-order valence-corrected chi connectivity index (χ2v) is 10.7. The molecule has 36 heavy (non-hydrogen) atoms. The van der Waals surface area contributed by atoms with Crippen molar-refractivity contribution in [1.82, 2.24) is 4.98 Å². The fourth-order valence-corrected chi connectivity index (χ4v) is 4.01. The molecule has 2 aromatic carbocycles. The summed E-state index contributed by atoms with van der Waals surface area (Å²) in [5.74, 6) is 1.08. The van der Waals surface area contributed by atoms with Crippen LogP contribution in [0.2, 0.25) is 5.02 Å². The Morgan fingerprint density at radius 3 is 2.39 bits per heavy atom. The minimum atomic E-state index is -1.35. The third kappa shape index (κ3) is 6.25. The number of carbonyl (C=O) groups excluding carboxylic acids is 1. The molecule has 0 spiro atoms. The largest absolute Gasteiger partial charge is 0.493 e. The van der Waals surface area contributed by atoms with E-state index in [0.717, 1.165) is 24.0 Å². The van der Waals surface area contributed by atoms with Crippen LogP contribution in [0.25, 0.3) is 11.3 Å². The van der Waals surface area contributed by atoms with Crippen LogP contribution in [0.4, 0.5) is 0 Å². The summed E-state index contributed by atoms with van der Waals surface area (Å²) in [6, 6.07) is 16.3. The molecular formula is C29H33ClN2O4. The maximum atomic E-state index is 13.0. The van der Waals surface area contributed by atoms with Crippen molar-refractivity contribution in [1.29, 1.82) is 0 Å². The fourth-order valence-electron chi connectivity index (χ4n) is 3.88. The zero-order valence-electron chi connectivity index (χ0n) is 21.2. The first-order valence-corrected chi connectivity index (χ1v) is 12.5. The molecule has 3 N–H and O–H groups in total. The summed E-state index contributed by atoms with van der Waals surface area (Å²) >= 11 is 6.05. The summed E-state index contributed by atoms with van der Waals surface area (Å²) in [6.45, 7) is 5.48. The maximum Gasteiger partial charge on any atom is 0.163 e. The molecule has 0 aliphatic heterocycles. The first-order chi connectivity index (χ1) is 17.0. The molecule has 1 fully saturated rings. The number of rotatable bonds is 10. The number of hydrogen-bond donors (Lipinski definition) is 2. The number of pyridine rings is 1. The predicted octanol–water partition coefficient (Wildman–Crippen LogP) is 6.02. The molecule has 0 amide bonds. The second-order valence-electron chi connectivity index (χ2n) is 10.2. The Labute approximate surface area is 217 Å². The Morgan fingerprint density at radius 2 is 1.78 bits per heavy atom. The van der Waals surface area contributed by atoms with E-state index in [1.807, 2.05) is 38.1 Å². The van der Waals surface area contributed by atoms with Gasteiger partial charge in [-0.25, -0.2) is 4.98 Å². The highest BCUT2D eigenvalue weighted by molar-refractivity contribution is 6.30. The SMILES string of the molecule is COc1cc(C(=O)CCC(C)(O)c2cc(C(C)(C)N)cc(-c3ccc(Cl)cc3)n2)ccc1OC1CC1. The molecule has 0 saturated heterocycles. The van der Waals surface area contributed by atoms with E-state index in [-0.39, 0.29) is 24.7 Å². The van der Waals surface area contributed by atoms with Gasteiger partial charge < -0.3 is 20.3 Å². The predicted molar refractivity (Wildman–Crippen MR) is 142 cm³/mol. The molecule has 1 aliphatic rings. The topological polar surface area (TPSA) is 94.7 Å². The van der Waals surface area contributed by atoms with Gasteiger partial charge in [0, 0.05) is 28.1 Å². The Bertz CT molecular complexity index is 1250. The van der Waals surface area contributed by atoms with Gasteiger partial charge in [0.2, 0.25) is 0 Å². The van der Waals surface area contributed by atoms with Crippen LogP contribution in [0.1, 0.15) is 68.1 Å². The van der Waals surface area contributed by atoms with E-state index in [4.69, 9.17) is 31.8 Å². The van der Waals surface area contributed by atoms with Crippen LogP contribution in [-0.4, -0.2) is 29.1 Å². The summed E-state index contributed by atoms with van der Waals surface area (Å²) in [4.78, 5) is 17.8. The molecule has 1 saturated carbocycles. The van der Waals surface area contributed by atoms with Gasteiger partial charge in [-0.2, -0.15) is 0 Å². The normalized spacial score (nSPS) is 15.3. The maximum absolute atomic E-state index is 13.0. The summed E-state index contributed by atoms with van der Waals surface area (Å²) in [5, 5.41) is 12.0. The van der Waals surface area contributed by atoms with Gasteiger partial charge in [0.15, 0.2) is 17.3 Å². The van der Waals surface area contributed by atoms with Crippen LogP contribution >= 0.6 is 11.6 Å². The standard InChI is InChI=1S/C29H33ClN2O4/c1-28(2,31)20-16-23(18-5-8-21(30)9-6-18)32-27(17-20)29(3,34)14-13-24(33)19-7-12-25(26(15-19)35-4)36-22-10-11-22/h5-9,12,15-17,22,34H,10-11,13-14,31H2,1-4H3. The molecule has 1 aromatic heterocycles. The number of Topliss-reactive ketones (excluding diaryl/α,β-unsaturated/α-hetero) is 1. The van der Waals surface area contributed by atoms with E-state index in [0.29, 0.717) is 33.5 Å². The van der Waals surface area contributed by atoms with Gasteiger partial charge in [-0.05, 0) is 88.1 Å². The highest BCUT2D eigenvalue weighted by Crippen LogP contribution is 2.35. The summed E-state index contributed by atoms with van der Waals surface area (Å²) in [7, 11) is 1.56. The summed E-state index contributed by atoms with van der Waals surface area (Å²) in [6.07, 6.45) is 2.63. The number of methoxy groups -OCH3 is 1. The zero-order valence-corrected chi connectivity index (χ0v) is 21.9. The van der Waals surface area contributed by atoms with Crippen molar-refractivity contribution in [3.8, 4) is 22.8 Å². The van der Waals surface area contributed by atoms with Gasteiger partial charge in [0.25, 0.3) is 0 Å². The number of hydrogen-bond acceptors (Lipinski definition) is 6. The van der Waals surface area contributed by atoms with E-state index >= 15 is 0 Å². The van der Waals surface area contributed by atoms with E-state index in [1.54, 1.807) is 44.4 Å². The molecule has 1 unspecified atom stereocenters. The molecule has 6 nitrogen and oxygen atoms in total. The Hall–Kier alpha value is -2.93. The van der Waals surface area contributed by atoms with Crippen molar-refractivity contribution in [2.24, 2.45) is 5.73 Å². The minimum Gasteiger partial charge on any atom is -0.493 e. The van der Waals surface area contributed by atoms with Crippen LogP contribution in [0.15, 0.2) is 54.6 Å². The van der Waals surface area contributed by atoms with Gasteiger partial charge in [-0.3, -0.25) is 4.79 Å². The van der Waals surface area contributed by atoms with Crippen molar-refractivity contribution in [2.75, 3.05) is 7.11 Å². The van der Waals surface area contributed by atoms with E-state index in [1.165, 1.54) is 0 Å². The molecule has 1 atom stereocenters. The minimum absolute atomic E-state index is 0.0974. The molecule has 3 aromatic rings. The molecule has 0 bridgehead atoms. The van der Waals surface area contributed by atoms with Crippen LogP contribution in [0, 0.1) is 0 Å². The van der Waals surface area contributed by atoms with E-state index in [2.05, 4.69) is 0 Å². The molecule has 4 rings (SSSR count). The first-order valence-electron chi connectivity index (χ1n) is 12.1. The lowest BCUT2D eigenvalue weighted by molar-refractivity contribution is 0.0396. The van der Waals surface area contributed by atoms with Crippen molar-refractivity contribution in [3.05, 3.63) is 76.4 Å². The second kappa shape index (κ2) is 10.2. The van der Waals surface area contributed by atoms with Crippen LogP contribution in [-0.2, 0) is 11.1 Å². The third-order valence-electron chi connectivity index (χ3n) is 6.40. The molecule has 7 heteroatoms. The Balaban J connectivity index is 1.56. The number of benzene rings is 2. The number of ether oxygens (including phenoxy) is 2. The lowest BCUT2D eigenvalue weighted by atomic mass is 9.88. The average molecular weight is 509 g/mol. The first kappa shape index (κ1) is 26.1. The number of aliphatic hydroxyl groups is 1. The Morgan fingerprint density at radius 1 is 1.08 bits per heavy atom. The van der Waals surface area contributed by atoms with Crippen LogP contribution in [0.3, 0.4) is 0 Å². The molecule has 1 heterocycles. The number of nitrogens with two attached hydrogens (primary N) is 1. The van der Waals surface area contributed by atoms with Gasteiger partial charge in [-0.15, -0.1) is 0 Å². The van der Waals surface area contributed by atoms with Crippen molar-refractivity contribution < 1.29 is 19.4 Å². The lowest BCUT2D eigenvalue weighted by Gasteiger charge is -2.27. The zero-order chi connectivity index (χ0) is 26.1. The molecular weight excluding hydrogens is 476 g/mol. The van der Waals surface area contributed by atoms with Gasteiger partial charge in [-0.1, -0.05) is 23.7 Å². The van der Waals surface area contributed by atoms with E-state index in [9.17, 15) is 9.90 Å². The van der Waals surface area contributed by atoms with Gasteiger partial charge >= 0.3 is 0 Å². The number of halogens is 1. The molecule has 0 radical (unpaired) electrons. The van der Waals surface area contributed by atoms with E-state index < -0.39 is 11.1 Å². The van der Waals surface area contributed by atoms with Crippen molar-refractivity contribution in [2.45, 2.75) is 63.7 Å². The third-order valence-corrected chi connectivity index (χ3v) is 6.66. The number of ketones is 1. The fraction of sp³-hybridized carbons (Fsp3) is 0.379. The number of aromatic nitrogens is 1. The van der Waals surface area contributed by atoms with Crippen molar-refractivity contribution in [3.63, 3.8) is 0 Å². The average Bonchev–Trinajstić information content (AvgIpc) is 3.66. The van der Waals surface area contributed by atoms with Gasteiger partial charge in [0.1, 0.15) is 5.60 Å². The number of carbonyl (C=O) groups is 1. The number of nitrogens with zero attached hydrogens (tertiary/aromatic N) is 1. The molecule has 1 aliphatic carbocycles. The summed E-state index contributed by atoms with van der Waals surface area (Å²) in [5.41, 5.74) is 7.75. The van der Waals surface area contributed by atoms with Crippen molar-refractivity contribution >= 4 is 17.4 Å². The smallest absolute Gasteiger partial charge is 0.163 e. The Kier molecular flexibility index (Phi) is 7.41.